The van der Waals surface area contributed by atoms with Crippen LogP contribution in [0.5, 0.6) is 0 Å². The topological polar surface area (TPSA) is 70.9 Å². The van der Waals surface area contributed by atoms with Crippen molar-refractivity contribution in [3.63, 3.8) is 0 Å². The van der Waals surface area contributed by atoms with Crippen LogP contribution in [-0.4, -0.2) is 10.9 Å². The van der Waals surface area contributed by atoms with Gasteiger partial charge in [-0.3, -0.25) is 4.79 Å². The van der Waals surface area contributed by atoms with E-state index in [1.807, 2.05) is 48.5 Å². The number of H-pyrrole nitrogens is 1. The first-order valence-corrected chi connectivity index (χ1v) is 6.45. The summed E-state index contributed by atoms with van der Waals surface area (Å²) >= 11 is 0. The number of carbonyl (C=O) groups is 1. The van der Waals surface area contributed by atoms with Crippen LogP contribution in [0.3, 0.4) is 0 Å². The Bertz CT molecular complexity index is 761. The van der Waals surface area contributed by atoms with Gasteiger partial charge in [-0.25, -0.2) is 0 Å². The number of nitrogens with two attached hydrogens (primary N) is 1. The Hall–Kier alpha value is -2.59. The molecular formula is C16H15N3O. The van der Waals surface area contributed by atoms with Crippen LogP contribution < -0.4 is 11.1 Å². The lowest BCUT2D eigenvalue weighted by Gasteiger charge is -2.09. The molecule has 0 saturated heterocycles. The molecule has 4 heteroatoms. The van der Waals surface area contributed by atoms with E-state index in [1.165, 1.54) is 0 Å². The van der Waals surface area contributed by atoms with Crippen LogP contribution in [0.4, 0.5) is 5.69 Å². The molecule has 4 nitrogen and oxygen atoms in total. The van der Waals surface area contributed by atoms with Gasteiger partial charge in [0.25, 0.3) is 5.91 Å². The molecule has 4 N–H and O–H groups in total. The first-order valence-electron chi connectivity index (χ1n) is 6.45. The predicted molar refractivity (Wildman–Crippen MR) is 80.6 cm³/mol. The maximum absolute atomic E-state index is 12.4. The Morgan fingerprint density at radius 2 is 1.85 bits per heavy atom. The number of anilines is 1. The Labute approximate surface area is 116 Å². The molecule has 0 unspecified atom stereocenters. The van der Waals surface area contributed by atoms with Gasteiger partial charge in [-0.1, -0.05) is 36.4 Å². The lowest BCUT2D eigenvalue weighted by atomic mass is 10.1. The molecule has 1 aromatic heterocycles. The first-order chi connectivity index (χ1) is 9.79. The van der Waals surface area contributed by atoms with Crippen molar-refractivity contribution in [3.8, 4) is 0 Å². The summed E-state index contributed by atoms with van der Waals surface area (Å²) in [6, 6.07) is 15.3. The minimum atomic E-state index is -0.136. The monoisotopic (exact) mass is 265 g/mol. The number of fused-ring (bicyclic) bond motifs is 1. The molecular weight excluding hydrogens is 250 g/mol. The smallest absolute Gasteiger partial charge is 0.257 e. The molecule has 100 valence electrons. The molecule has 0 saturated carbocycles. The van der Waals surface area contributed by atoms with E-state index in [0.717, 1.165) is 22.2 Å². The quantitative estimate of drug-likeness (QED) is 0.681. The van der Waals surface area contributed by atoms with Crippen molar-refractivity contribution in [1.29, 1.82) is 0 Å². The first kappa shape index (κ1) is 12.4. The molecule has 3 rings (SSSR count). The summed E-state index contributed by atoms with van der Waals surface area (Å²) in [5.74, 6) is -0.136. The average Bonchev–Trinajstić information content (AvgIpc) is 2.92. The Morgan fingerprint density at radius 1 is 1.10 bits per heavy atom. The van der Waals surface area contributed by atoms with Gasteiger partial charge >= 0.3 is 0 Å². The van der Waals surface area contributed by atoms with Crippen LogP contribution >= 0.6 is 0 Å². The summed E-state index contributed by atoms with van der Waals surface area (Å²) in [5.41, 5.74) is 8.93. The molecule has 0 fully saturated rings. The molecule has 0 atom stereocenters. The lowest BCUT2D eigenvalue weighted by molar-refractivity contribution is 0.102. The zero-order valence-electron chi connectivity index (χ0n) is 10.9. The van der Waals surface area contributed by atoms with Crippen molar-refractivity contribution in [2.75, 3.05) is 5.32 Å². The third-order valence-corrected chi connectivity index (χ3v) is 3.32. The van der Waals surface area contributed by atoms with Gasteiger partial charge in [-0.05, 0) is 17.7 Å². The van der Waals surface area contributed by atoms with Gasteiger partial charge in [0.1, 0.15) is 0 Å². The van der Waals surface area contributed by atoms with Crippen molar-refractivity contribution in [2.45, 2.75) is 6.54 Å². The lowest BCUT2D eigenvalue weighted by Crippen LogP contribution is -2.13. The second kappa shape index (κ2) is 5.19. The molecule has 0 aliphatic rings. The highest BCUT2D eigenvalue weighted by molar-refractivity contribution is 6.12. The summed E-state index contributed by atoms with van der Waals surface area (Å²) in [5, 5.41) is 3.83. The van der Waals surface area contributed by atoms with Crippen LogP contribution in [0.25, 0.3) is 10.9 Å². The number of benzene rings is 2. The molecule has 1 amide bonds. The van der Waals surface area contributed by atoms with Crippen molar-refractivity contribution >= 4 is 22.5 Å². The highest BCUT2D eigenvalue weighted by atomic mass is 16.1. The fourth-order valence-corrected chi connectivity index (χ4v) is 2.27. The van der Waals surface area contributed by atoms with Gasteiger partial charge in [-0.2, -0.15) is 0 Å². The van der Waals surface area contributed by atoms with Gasteiger partial charge < -0.3 is 16.0 Å². The van der Waals surface area contributed by atoms with Crippen LogP contribution in [0, 0.1) is 0 Å². The highest BCUT2D eigenvalue weighted by Crippen LogP contribution is 2.20. The zero-order chi connectivity index (χ0) is 13.9. The number of aromatic amines is 1. The van der Waals surface area contributed by atoms with Crippen LogP contribution in [0.2, 0.25) is 0 Å². The van der Waals surface area contributed by atoms with Crippen LogP contribution in [0.15, 0.2) is 54.7 Å². The molecule has 2 aromatic carbocycles. The Balaban J connectivity index is 1.93. The second-order valence-electron chi connectivity index (χ2n) is 4.56. The van der Waals surface area contributed by atoms with E-state index >= 15 is 0 Å². The van der Waals surface area contributed by atoms with Crippen LogP contribution in [0.1, 0.15) is 15.9 Å². The number of nitrogens with one attached hydrogen (secondary N) is 2. The molecule has 0 spiro atoms. The summed E-state index contributed by atoms with van der Waals surface area (Å²) in [6.45, 7) is 0.393. The Morgan fingerprint density at radius 3 is 2.70 bits per heavy atom. The highest BCUT2D eigenvalue weighted by Gasteiger charge is 2.12. The number of carbonyl (C=O) groups excluding carboxylic acids is 1. The van der Waals surface area contributed by atoms with E-state index in [0.29, 0.717) is 12.1 Å². The number of amides is 1. The molecule has 0 aliphatic carbocycles. The molecule has 0 bridgehead atoms. The van der Waals surface area contributed by atoms with Gasteiger partial charge in [0.15, 0.2) is 0 Å². The second-order valence-corrected chi connectivity index (χ2v) is 4.56. The normalized spacial score (nSPS) is 10.7. The van der Waals surface area contributed by atoms with Crippen molar-refractivity contribution in [2.24, 2.45) is 5.73 Å². The van der Waals surface area contributed by atoms with Gasteiger partial charge in [0.05, 0.1) is 5.56 Å². The summed E-state index contributed by atoms with van der Waals surface area (Å²) in [7, 11) is 0. The maximum atomic E-state index is 12.4. The summed E-state index contributed by atoms with van der Waals surface area (Å²) in [4.78, 5) is 15.5. The maximum Gasteiger partial charge on any atom is 0.257 e. The molecule has 3 aromatic rings. The third-order valence-electron chi connectivity index (χ3n) is 3.32. The largest absolute Gasteiger partial charge is 0.360 e. The number of rotatable bonds is 3. The standard InChI is InChI=1S/C16H15N3O/c17-9-11-5-1-3-7-14(11)19-16(20)13-10-18-15-8-4-2-6-12(13)15/h1-8,10,18H,9,17H2,(H,19,20). The van der Waals surface area contributed by atoms with E-state index in [-0.39, 0.29) is 5.91 Å². The minimum absolute atomic E-state index is 0.136. The zero-order valence-corrected chi connectivity index (χ0v) is 10.9. The molecule has 0 aliphatic heterocycles. The number of aromatic nitrogens is 1. The summed E-state index contributed by atoms with van der Waals surface area (Å²) in [6.07, 6.45) is 1.73. The molecule has 20 heavy (non-hydrogen) atoms. The fraction of sp³-hybridized carbons (Fsp3) is 0.0625. The van der Waals surface area contributed by atoms with Crippen LogP contribution in [-0.2, 0) is 6.54 Å². The van der Waals surface area contributed by atoms with E-state index in [9.17, 15) is 4.79 Å². The van der Waals surface area contributed by atoms with E-state index in [4.69, 9.17) is 5.73 Å². The third kappa shape index (κ3) is 2.17. The van der Waals surface area contributed by atoms with E-state index < -0.39 is 0 Å². The number of hydrogen-bond donors (Lipinski definition) is 3. The van der Waals surface area contributed by atoms with E-state index in [2.05, 4.69) is 10.3 Å². The number of hydrogen-bond acceptors (Lipinski definition) is 2. The molecule has 1 heterocycles. The van der Waals surface area contributed by atoms with Crippen molar-refractivity contribution in [3.05, 3.63) is 65.9 Å². The van der Waals surface area contributed by atoms with Crippen molar-refractivity contribution in [1.82, 2.24) is 4.98 Å². The van der Waals surface area contributed by atoms with Gasteiger partial charge in [0.2, 0.25) is 0 Å². The fourth-order valence-electron chi connectivity index (χ4n) is 2.27. The van der Waals surface area contributed by atoms with Crippen molar-refractivity contribution < 1.29 is 4.79 Å². The predicted octanol–water partition coefficient (Wildman–Crippen LogP) is 2.88. The Kier molecular flexibility index (Phi) is 3.23. The van der Waals surface area contributed by atoms with E-state index in [1.54, 1.807) is 6.20 Å². The minimum Gasteiger partial charge on any atom is -0.360 e. The van der Waals surface area contributed by atoms with Gasteiger partial charge in [0, 0.05) is 29.3 Å². The molecule has 0 radical (unpaired) electrons. The average molecular weight is 265 g/mol. The number of para-hydroxylation sites is 2. The summed E-state index contributed by atoms with van der Waals surface area (Å²) < 4.78 is 0. The van der Waals surface area contributed by atoms with Gasteiger partial charge in [-0.15, -0.1) is 0 Å². The SMILES string of the molecule is NCc1ccccc1NC(=O)c1c[nH]c2ccccc12.